The molecule has 1 aliphatic heterocycles. The van der Waals surface area contributed by atoms with E-state index in [0.29, 0.717) is 24.3 Å². The second-order valence-electron chi connectivity index (χ2n) is 9.98. The van der Waals surface area contributed by atoms with Crippen LogP contribution in [0.2, 0.25) is 0 Å². The number of aromatic nitrogens is 4. The second-order valence-corrected chi connectivity index (χ2v) is 12.2. The number of aliphatic hydroxyl groups is 1. The summed E-state index contributed by atoms with van der Waals surface area (Å²) in [4.78, 5) is 18.6. The SMILES string of the molecule is CN1CC[C@@H](Nc2nccn3c([Se]C(F)(F)F)c(C#CCNC(=O)c4cnn(CC(C)(C)O)c4)cc23)[C@@H](F)C1. The van der Waals surface area contributed by atoms with Crippen molar-refractivity contribution in [3.63, 3.8) is 0 Å². The Kier molecular flexibility index (Phi) is 8.56. The van der Waals surface area contributed by atoms with Crippen molar-refractivity contribution in [3.05, 3.63) is 42.0 Å². The summed E-state index contributed by atoms with van der Waals surface area (Å²) in [5, 5.41) is 15.2. The van der Waals surface area contributed by atoms with E-state index in [1.165, 1.54) is 39.9 Å². The number of halogens is 4. The summed E-state index contributed by atoms with van der Waals surface area (Å²) in [7, 11) is 1.83. The standard InChI is InChI=1S/C25H29F4N7O2Se/c1-24(2,38)15-35-13-17(12-32-35)22(37)31-7-4-5-16-11-20-21(33-19-6-9-34(3)14-18(19)26)30-8-10-36(20)23(16)39-25(27,28)29/h8,10-13,18-19,38H,6-7,9,14-15H2,1-3H3,(H,30,33)(H,31,37)/t18-,19+/m0/s1. The third-order valence-electron chi connectivity index (χ3n) is 5.94. The van der Waals surface area contributed by atoms with E-state index in [0.717, 1.165) is 0 Å². The zero-order valence-electron chi connectivity index (χ0n) is 21.6. The molecule has 0 aliphatic carbocycles. The molecule has 4 rings (SSSR count). The van der Waals surface area contributed by atoms with Gasteiger partial charge in [0.1, 0.15) is 0 Å². The average Bonchev–Trinajstić information content (AvgIpc) is 3.41. The molecular weight excluding hydrogens is 585 g/mol. The van der Waals surface area contributed by atoms with Crippen LogP contribution in [-0.2, 0) is 6.54 Å². The van der Waals surface area contributed by atoms with Crippen LogP contribution in [0.3, 0.4) is 0 Å². The van der Waals surface area contributed by atoms with Gasteiger partial charge in [0.05, 0.1) is 0 Å². The van der Waals surface area contributed by atoms with Gasteiger partial charge in [-0.2, -0.15) is 0 Å². The van der Waals surface area contributed by atoms with Crippen LogP contribution >= 0.6 is 0 Å². The molecule has 0 spiro atoms. The second kappa shape index (κ2) is 11.6. The topological polar surface area (TPSA) is 99.7 Å². The Balaban J connectivity index is 1.52. The molecule has 1 aliphatic rings. The zero-order chi connectivity index (χ0) is 28.4. The Bertz CT molecular complexity index is 1390. The van der Waals surface area contributed by atoms with Gasteiger partial charge in [0.2, 0.25) is 0 Å². The molecule has 2 atom stereocenters. The number of nitrogens with zero attached hydrogens (tertiary/aromatic N) is 5. The number of likely N-dealkylation sites (tertiary alicyclic amines) is 1. The van der Waals surface area contributed by atoms with E-state index in [9.17, 15) is 27.5 Å². The molecule has 4 heterocycles. The fourth-order valence-electron chi connectivity index (χ4n) is 4.22. The van der Waals surface area contributed by atoms with Gasteiger partial charge in [0.25, 0.3) is 0 Å². The molecule has 9 nitrogen and oxygen atoms in total. The van der Waals surface area contributed by atoms with Crippen molar-refractivity contribution in [2.24, 2.45) is 0 Å². The number of hydrogen-bond acceptors (Lipinski definition) is 6. The Hall–Kier alpha value is -3.11. The van der Waals surface area contributed by atoms with Gasteiger partial charge in [-0.3, -0.25) is 0 Å². The zero-order valence-corrected chi connectivity index (χ0v) is 23.3. The molecule has 1 amide bonds. The molecule has 1 saturated heterocycles. The quantitative estimate of drug-likeness (QED) is 0.212. The number of carbonyl (C=O) groups is 1. The van der Waals surface area contributed by atoms with Gasteiger partial charge < -0.3 is 5.11 Å². The van der Waals surface area contributed by atoms with Crippen LogP contribution in [0.25, 0.3) is 5.52 Å². The van der Waals surface area contributed by atoms with E-state index >= 15 is 0 Å². The predicted molar refractivity (Wildman–Crippen MR) is 139 cm³/mol. The maximum absolute atomic E-state index is 14.6. The predicted octanol–water partition coefficient (Wildman–Crippen LogP) is 1.39. The van der Waals surface area contributed by atoms with Crippen molar-refractivity contribution in [2.75, 3.05) is 32.0 Å². The van der Waals surface area contributed by atoms with E-state index in [-0.39, 0.29) is 35.4 Å². The van der Waals surface area contributed by atoms with Crippen LogP contribution < -0.4 is 15.2 Å². The van der Waals surface area contributed by atoms with Gasteiger partial charge >= 0.3 is 210 Å². The van der Waals surface area contributed by atoms with Crippen LogP contribution in [0.15, 0.2) is 30.9 Å². The molecule has 1 fully saturated rings. The Morgan fingerprint density at radius 2 is 2.10 bits per heavy atom. The molecule has 0 aromatic carbocycles. The first-order chi connectivity index (χ1) is 18.3. The number of hydrogen-bond donors (Lipinski definition) is 3. The molecular formula is C25H29F4N7O2Se. The molecule has 0 bridgehead atoms. The number of alkyl halides is 4. The molecule has 14 heteroatoms. The van der Waals surface area contributed by atoms with Crippen molar-refractivity contribution in [1.82, 2.24) is 29.4 Å². The first-order valence-electron chi connectivity index (χ1n) is 12.2. The van der Waals surface area contributed by atoms with Crippen LogP contribution in [0.5, 0.6) is 0 Å². The fraction of sp³-hybridized carbons (Fsp3) is 0.480. The van der Waals surface area contributed by atoms with E-state index in [1.54, 1.807) is 13.8 Å². The number of nitrogens with one attached hydrogen (secondary N) is 2. The number of anilines is 1. The maximum atomic E-state index is 14.6. The number of rotatable bonds is 7. The van der Waals surface area contributed by atoms with Crippen LogP contribution in [-0.4, -0.2) is 99.6 Å². The summed E-state index contributed by atoms with van der Waals surface area (Å²) in [5.41, 5.74) is -0.209. The summed E-state index contributed by atoms with van der Waals surface area (Å²) >= 11 is -1.91. The number of piperidine rings is 1. The molecule has 0 radical (unpaired) electrons. The van der Waals surface area contributed by atoms with Gasteiger partial charge in [-0.25, -0.2) is 0 Å². The van der Waals surface area contributed by atoms with Gasteiger partial charge in [0.15, 0.2) is 0 Å². The van der Waals surface area contributed by atoms with Crippen LogP contribution in [0, 0.1) is 11.8 Å². The summed E-state index contributed by atoms with van der Waals surface area (Å²) in [6, 6.07) is 1.000. The number of amides is 1. The van der Waals surface area contributed by atoms with E-state index in [1.807, 2.05) is 11.9 Å². The van der Waals surface area contributed by atoms with Crippen LogP contribution in [0.4, 0.5) is 23.4 Å². The minimum atomic E-state index is -4.43. The molecule has 0 unspecified atom stereocenters. The van der Waals surface area contributed by atoms with Crippen molar-refractivity contribution >= 4 is 36.8 Å². The van der Waals surface area contributed by atoms with E-state index in [2.05, 4.69) is 32.6 Å². The Labute approximate surface area is 229 Å². The first kappa shape index (κ1) is 28.9. The summed E-state index contributed by atoms with van der Waals surface area (Å²) in [6.45, 7) is 4.26. The monoisotopic (exact) mass is 615 g/mol. The van der Waals surface area contributed by atoms with Crippen molar-refractivity contribution in [1.29, 1.82) is 0 Å². The number of fused-ring (bicyclic) bond motifs is 1. The molecule has 3 N–H and O–H groups in total. The molecule has 3 aromatic heterocycles. The van der Waals surface area contributed by atoms with Crippen molar-refractivity contribution in [3.8, 4) is 11.8 Å². The van der Waals surface area contributed by atoms with Gasteiger partial charge in [-0.05, 0) is 13.8 Å². The van der Waals surface area contributed by atoms with Gasteiger partial charge in [0, 0.05) is 0 Å². The van der Waals surface area contributed by atoms with Crippen molar-refractivity contribution < 1.29 is 27.5 Å². The molecule has 39 heavy (non-hydrogen) atoms. The minimum absolute atomic E-state index is 0.0117. The van der Waals surface area contributed by atoms with Gasteiger partial charge in [-0.15, -0.1) is 0 Å². The Morgan fingerprint density at radius 3 is 2.79 bits per heavy atom. The Morgan fingerprint density at radius 1 is 1.33 bits per heavy atom. The molecule has 3 aromatic rings. The van der Waals surface area contributed by atoms with Gasteiger partial charge in [-0.1, -0.05) is 0 Å². The third kappa shape index (κ3) is 7.73. The van der Waals surface area contributed by atoms with E-state index in [4.69, 9.17) is 0 Å². The third-order valence-corrected chi connectivity index (χ3v) is 7.70. The van der Waals surface area contributed by atoms with Crippen molar-refractivity contribution in [2.45, 2.75) is 49.7 Å². The number of carbonyl (C=O) groups excluding carboxylic acids is 1. The molecule has 0 saturated carbocycles. The normalized spacial score (nSPS) is 18.6. The van der Waals surface area contributed by atoms with Crippen LogP contribution in [0.1, 0.15) is 36.2 Å². The summed E-state index contributed by atoms with van der Waals surface area (Å²) < 4.78 is 57.8. The summed E-state index contributed by atoms with van der Waals surface area (Å²) in [5.74, 6) is 5.31. The molecule has 210 valence electrons. The average molecular weight is 615 g/mol. The first-order valence-corrected chi connectivity index (χ1v) is 13.9. The summed E-state index contributed by atoms with van der Waals surface area (Å²) in [6.07, 6.45) is 5.03. The fourth-order valence-corrected chi connectivity index (χ4v) is 5.68. The van der Waals surface area contributed by atoms with E-state index < -0.39 is 43.8 Å².